The van der Waals surface area contributed by atoms with Crippen molar-refractivity contribution in [2.75, 3.05) is 32.6 Å². The predicted octanol–water partition coefficient (Wildman–Crippen LogP) is 3.79. The number of hydrogen-bond acceptors (Lipinski definition) is 4. The Labute approximate surface area is 180 Å². The molecule has 3 N–H and O–H groups in total. The Morgan fingerprint density at radius 3 is 2.50 bits per heavy atom. The van der Waals surface area contributed by atoms with Gasteiger partial charge in [-0.2, -0.15) is 0 Å². The summed E-state index contributed by atoms with van der Waals surface area (Å²) in [5.74, 6) is 2.16. The topological polar surface area (TPSA) is 70.6 Å². The van der Waals surface area contributed by atoms with E-state index in [1.165, 1.54) is 0 Å². The van der Waals surface area contributed by atoms with Crippen LogP contribution in [0, 0.1) is 0 Å². The van der Waals surface area contributed by atoms with Crippen molar-refractivity contribution in [1.29, 1.82) is 0 Å². The lowest BCUT2D eigenvalue weighted by Crippen LogP contribution is -2.39. The van der Waals surface area contributed by atoms with Gasteiger partial charge >= 0.3 is 0 Å². The Morgan fingerprint density at radius 1 is 1.15 bits per heavy atom. The molecule has 0 bridgehead atoms. The Kier molecular flexibility index (Phi) is 10.5. The molecular weight excluding hydrogens is 488 g/mol. The van der Waals surface area contributed by atoms with E-state index in [4.69, 9.17) is 27.9 Å². The van der Waals surface area contributed by atoms with Gasteiger partial charge in [0.15, 0.2) is 5.96 Å². The quantitative estimate of drug-likeness (QED) is 0.229. The second-order valence-corrected chi connectivity index (χ2v) is 5.95. The maximum Gasteiger partial charge on any atom is 0.191 e. The number of ether oxygens (including phenoxy) is 1. The van der Waals surface area contributed by atoms with E-state index in [1.54, 1.807) is 26.4 Å². The molecule has 1 heterocycles. The molecular formula is C17H22Cl2IN5O. The van der Waals surface area contributed by atoms with Crippen LogP contribution < -0.4 is 20.7 Å². The fourth-order valence-corrected chi connectivity index (χ4v) is 2.50. The highest BCUT2D eigenvalue weighted by atomic mass is 127. The number of methoxy groups -OCH3 is 1. The number of nitrogens with zero attached hydrogens (tertiary/aromatic N) is 2. The van der Waals surface area contributed by atoms with Crippen LogP contribution in [0.25, 0.3) is 0 Å². The van der Waals surface area contributed by atoms with Crippen molar-refractivity contribution in [1.82, 2.24) is 15.6 Å². The average Bonchev–Trinajstić information content (AvgIpc) is 2.63. The molecule has 6 nitrogen and oxygen atoms in total. The van der Waals surface area contributed by atoms with Crippen molar-refractivity contribution in [2.24, 2.45) is 4.99 Å². The summed E-state index contributed by atoms with van der Waals surface area (Å²) in [5.41, 5.74) is 1.14. The third-order valence-electron chi connectivity index (χ3n) is 3.36. The van der Waals surface area contributed by atoms with Crippen molar-refractivity contribution in [2.45, 2.75) is 6.54 Å². The highest BCUT2D eigenvalue weighted by molar-refractivity contribution is 14.0. The van der Waals surface area contributed by atoms with Gasteiger partial charge in [0.05, 0.1) is 17.2 Å². The van der Waals surface area contributed by atoms with Gasteiger partial charge in [-0.15, -0.1) is 24.0 Å². The lowest BCUT2D eigenvalue weighted by molar-refractivity contribution is 0.414. The number of halogens is 3. The summed E-state index contributed by atoms with van der Waals surface area (Å²) in [6, 6.07) is 9.53. The van der Waals surface area contributed by atoms with Crippen LogP contribution in [0.15, 0.2) is 41.5 Å². The second kappa shape index (κ2) is 12.0. The molecule has 0 fully saturated rings. The largest absolute Gasteiger partial charge is 0.497 e. The van der Waals surface area contributed by atoms with E-state index >= 15 is 0 Å². The summed E-state index contributed by atoms with van der Waals surface area (Å²) in [4.78, 5) is 8.34. The summed E-state index contributed by atoms with van der Waals surface area (Å²) in [5, 5.41) is 10.6. The standard InChI is InChI=1S/C17H21Cl2N5O.HI/c1-20-17(24-10-12-3-5-14(25-2)6-4-12)22-8-7-21-16-15(19)9-13(18)11-23-16;/h3-6,9,11H,7-8,10H2,1-2H3,(H,21,23)(H2,20,22,24);1H. The lowest BCUT2D eigenvalue weighted by Gasteiger charge is -2.13. The molecule has 142 valence electrons. The molecule has 0 saturated carbocycles. The molecule has 0 atom stereocenters. The maximum absolute atomic E-state index is 6.06. The fraction of sp³-hybridized carbons (Fsp3) is 0.294. The van der Waals surface area contributed by atoms with Crippen LogP contribution in [0.5, 0.6) is 5.75 Å². The van der Waals surface area contributed by atoms with Gasteiger partial charge in [-0.25, -0.2) is 4.98 Å². The summed E-state index contributed by atoms with van der Waals surface area (Å²) >= 11 is 11.9. The van der Waals surface area contributed by atoms with E-state index in [9.17, 15) is 0 Å². The number of aromatic nitrogens is 1. The van der Waals surface area contributed by atoms with Crippen LogP contribution >= 0.6 is 47.2 Å². The van der Waals surface area contributed by atoms with Gasteiger partial charge in [0.1, 0.15) is 11.6 Å². The van der Waals surface area contributed by atoms with Crippen molar-refractivity contribution in [3.63, 3.8) is 0 Å². The van der Waals surface area contributed by atoms with Crippen molar-refractivity contribution in [3.8, 4) is 5.75 Å². The first kappa shape index (κ1) is 22.6. The number of benzene rings is 1. The van der Waals surface area contributed by atoms with E-state index < -0.39 is 0 Å². The first-order valence-electron chi connectivity index (χ1n) is 7.74. The molecule has 9 heteroatoms. The molecule has 1 aromatic heterocycles. The number of guanidine groups is 1. The van der Waals surface area contributed by atoms with Gasteiger partial charge < -0.3 is 20.7 Å². The maximum atomic E-state index is 6.06. The Morgan fingerprint density at radius 2 is 1.88 bits per heavy atom. The van der Waals surface area contributed by atoms with E-state index in [1.807, 2.05) is 24.3 Å². The predicted molar refractivity (Wildman–Crippen MR) is 119 cm³/mol. The van der Waals surface area contributed by atoms with Crippen LogP contribution in [0.2, 0.25) is 10.0 Å². The lowest BCUT2D eigenvalue weighted by atomic mass is 10.2. The first-order chi connectivity index (χ1) is 12.1. The molecule has 0 aliphatic heterocycles. The summed E-state index contributed by atoms with van der Waals surface area (Å²) < 4.78 is 5.15. The van der Waals surface area contributed by atoms with Crippen LogP contribution in [0.4, 0.5) is 5.82 Å². The van der Waals surface area contributed by atoms with Gasteiger partial charge in [-0.3, -0.25) is 4.99 Å². The second-order valence-electron chi connectivity index (χ2n) is 5.11. The van der Waals surface area contributed by atoms with E-state index in [2.05, 4.69) is 25.9 Å². The minimum absolute atomic E-state index is 0. The smallest absolute Gasteiger partial charge is 0.191 e. The molecule has 2 aromatic rings. The molecule has 26 heavy (non-hydrogen) atoms. The highest BCUT2D eigenvalue weighted by Gasteiger charge is 2.03. The van der Waals surface area contributed by atoms with Crippen molar-refractivity contribution >= 4 is 59.0 Å². The van der Waals surface area contributed by atoms with Gasteiger partial charge in [0.25, 0.3) is 0 Å². The molecule has 0 aliphatic carbocycles. The molecule has 0 aliphatic rings. The fourth-order valence-electron chi connectivity index (χ4n) is 2.06. The monoisotopic (exact) mass is 509 g/mol. The minimum Gasteiger partial charge on any atom is -0.497 e. The number of nitrogens with one attached hydrogen (secondary N) is 3. The number of hydrogen-bond donors (Lipinski definition) is 3. The molecule has 2 rings (SSSR count). The Hall–Kier alpha value is -1.45. The normalized spacial score (nSPS) is 10.7. The number of aliphatic imine (C=N–C) groups is 1. The van der Waals surface area contributed by atoms with Crippen LogP contribution in [-0.2, 0) is 6.54 Å². The zero-order chi connectivity index (χ0) is 18.1. The molecule has 0 saturated heterocycles. The van der Waals surface area contributed by atoms with Gasteiger partial charge in [0.2, 0.25) is 0 Å². The van der Waals surface area contributed by atoms with Crippen LogP contribution in [0.1, 0.15) is 5.56 Å². The van der Waals surface area contributed by atoms with E-state index in [0.29, 0.717) is 41.5 Å². The summed E-state index contributed by atoms with van der Waals surface area (Å²) in [6.07, 6.45) is 1.55. The third kappa shape index (κ3) is 7.43. The zero-order valence-corrected chi connectivity index (χ0v) is 18.4. The molecule has 0 spiro atoms. The van der Waals surface area contributed by atoms with Crippen LogP contribution in [-0.4, -0.2) is 38.2 Å². The SMILES string of the molecule is CN=C(NCCNc1ncc(Cl)cc1Cl)NCc1ccc(OC)cc1.I. The molecule has 1 aromatic carbocycles. The van der Waals surface area contributed by atoms with Gasteiger partial charge in [-0.1, -0.05) is 35.3 Å². The Bertz CT molecular complexity index is 713. The third-order valence-corrected chi connectivity index (χ3v) is 3.86. The number of pyridine rings is 1. The molecule has 0 radical (unpaired) electrons. The number of anilines is 1. The van der Waals surface area contributed by atoms with Crippen LogP contribution in [0.3, 0.4) is 0 Å². The van der Waals surface area contributed by atoms with E-state index in [0.717, 1.165) is 11.3 Å². The Balaban J connectivity index is 0.00000338. The minimum atomic E-state index is 0. The van der Waals surface area contributed by atoms with E-state index in [-0.39, 0.29) is 24.0 Å². The van der Waals surface area contributed by atoms with Gasteiger partial charge in [-0.05, 0) is 23.8 Å². The van der Waals surface area contributed by atoms with Crippen molar-refractivity contribution in [3.05, 3.63) is 52.1 Å². The summed E-state index contributed by atoms with van der Waals surface area (Å²) in [6.45, 7) is 1.96. The summed E-state index contributed by atoms with van der Waals surface area (Å²) in [7, 11) is 3.38. The number of rotatable bonds is 7. The highest BCUT2D eigenvalue weighted by Crippen LogP contribution is 2.21. The molecule has 0 amide bonds. The van der Waals surface area contributed by atoms with Gasteiger partial charge in [0, 0.05) is 32.9 Å². The first-order valence-corrected chi connectivity index (χ1v) is 8.50. The average molecular weight is 510 g/mol. The molecule has 0 unspecified atom stereocenters. The van der Waals surface area contributed by atoms with Crippen molar-refractivity contribution < 1.29 is 4.74 Å². The zero-order valence-electron chi connectivity index (χ0n) is 14.6.